The summed E-state index contributed by atoms with van der Waals surface area (Å²) in [6, 6.07) is 7.04. The van der Waals surface area contributed by atoms with Gasteiger partial charge in [0.1, 0.15) is 6.73 Å². The number of nitrogens with two attached hydrogens (primary N) is 1. The van der Waals surface area contributed by atoms with Gasteiger partial charge in [-0.25, -0.2) is 4.21 Å². The highest BCUT2D eigenvalue weighted by molar-refractivity contribution is 7.74. The van der Waals surface area contributed by atoms with Crippen molar-refractivity contribution in [2.75, 3.05) is 24.4 Å². The predicted octanol–water partition coefficient (Wildman–Crippen LogP) is 0.473. The smallest absolute Gasteiger partial charge is 0.134 e. The van der Waals surface area contributed by atoms with Gasteiger partial charge < -0.3 is 15.2 Å². The molecule has 0 aliphatic heterocycles. The molecule has 1 rings (SSSR count). The van der Waals surface area contributed by atoms with E-state index in [9.17, 15) is 8.76 Å². The molecule has 0 bridgehead atoms. The van der Waals surface area contributed by atoms with E-state index in [0.29, 0.717) is 5.69 Å². The van der Waals surface area contributed by atoms with Gasteiger partial charge in [-0.2, -0.15) is 0 Å². The summed E-state index contributed by atoms with van der Waals surface area (Å²) in [7, 11) is 1.72. The van der Waals surface area contributed by atoms with Crippen molar-refractivity contribution in [2.45, 2.75) is 0 Å². The number of nitrogens with zero attached hydrogens (tertiary/aromatic N) is 1. The molecule has 0 aliphatic carbocycles. The standard InChI is InChI=1S/C8H12N2O3S/c1-10(6-13-14(11)12)8-4-2-7(9)3-5-8/h2-5H,6,9H2,1H3,(H,11,12)/p-1. The molecule has 1 atom stereocenters. The molecule has 0 aliphatic rings. The average Bonchev–Trinajstić information content (AvgIpc) is 2.15. The second-order valence-electron chi connectivity index (χ2n) is 2.74. The largest absolute Gasteiger partial charge is 0.750 e. The lowest BCUT2D eigenvalue weighted by molar-refractivity contribution is 0.303. The minimum atomic E-state index is -2.48. The van der Waals surface area contributed by atoms with Crippen molar-refractivity contribution in [3.8, 4) is 0 Å². The van der Waals surface area contributed by atoms with Crippen molar-refractivity contribution in [1.29, 1.82) is 0 Å². The highest BCUT2D eigenvalue weighted by Gasteiger charge is 1.99. The van der Waals surface area contributed by atoms with Crippen LogP contribution in [0.1, 0.15) is 0 Å². The van der Waals surface area contributed by atoms with Crippen molar-refractivity contribution >= 4 is 22.7 Å². The maximum atomic E-state index is 10.1. The van der Waals surface area contributed by atoms with E-state index >= 15 is 0 Å². The molecule has 2 N–H and O–H groups in total. The monoisotopic (exact) mass is 215 g/mol. The Balaban J connectivity index is 2.56. The lowest BCUT2D eigenvalue weighted by Crippen LogP contribution is -2.21. The number of anilines is 2. The van der Waals surface area contributed by atoms with E-state index < -0.39 is 11.4 Å². The first-order valence-electron chi connectivity index (χ1n) is 3.89. The molecule has 1 unspecified atom stereocenters. The fourth-order valence-electron chi connectivity index (χ4n) is 0.925. The number of nitrogen functional groups attached to an aromatic ring is 1. The van der Waals surface area contributed by atoms with Gasteiger partial charge in [-0.1, -0.05) is 0 Å². The molecule has 0 saturated heterocycles. The summed E-state index contributed by atoms with van der Waals surface area (Å²) >= 11 is -2.48. The Morgan fingerprint density at radius 1 is 1.50 bits per heavy atom. The highest BCUT2D eigenvalue weighted by atomic mass is 32.2. The molecule has 0 amide bonds. The van der Waals surface area contributed by atoms with Crippen LogP contribution in [0.4, 0.5) is 11.4 Å². The number of hydrogen-bond acceptors (Lipinski definition) is 5. The summed E-state index contributed by atoms with van der Waals surface area (Å²) < 4.78 is 24.6. The normalized spacial score (nSPS) is 12.4. The lowest BCUT2D eigenvalue weighted by Gasteiger charge is -2.19. The van der Waals surface area contributed by atoms with Crippen LogP contribution in [0.2, 0.25) is 0 Å². The molecule has 1 aromatic carbocycles. The Kier molecular flexibility index (Phi) is 3.87. The Bertz CT molecular complexity index is 315. The van der Waals surface area contributed by atoms with Gasteiger partial charge >= 0.3 is 0 Å². The molecule has 0 spiro atoms. The molecular weight excluding hydrogens is 204 g/mol. The predicted molar refractivity (Wildman–Crippen MR) is 54.1 cm³/mol. The first-order valence-corrected chi connectivity index (χ1v) is 4.89. The first-order chi connectivity index (χ1) is 6.59. The summed E-state index contributed by atoms with van der Waals surface area (Å²) in [6.45, 7) is -0.0139. The fraction of sp³-hybridized carbons (Fsp3) is 0.250. The van der Waals surface area contributed by atoms with Crippen LogP contribution in [0.3, 0.4) is 0 Å². The average molecular weight is 215 g/mol. The third-order valence-corrected chi connectivity index (χ3v) is 1.97. The molecule has 14 heavy (non-hydrogen) atoms. The summed E-state index contributed by atoms with van der Waals surface area (Å²) in [5.74, 6) is 0. The summed E-state index contributed by atoms with van der Waals surface area (Å²) in [6.07, 6.45) is 0. The third-order valence-electron chi connectivity index (χ3n) is 1.68. The van der Waals surface area contributed by atoms with Gasteiger partial charge in [-0.15, -0.1) is 0 Å². The van der Waals surface area contributed by atoms with Crippen LogP contribution >= 0.6 is 0 Å². The van der Waals surface area contributed by atoms with Gasteiger partial charge in [0.05, 0.1) is 11.4 Å². The van der Waals surface area contributed by atoms with Crippen LogP contribution in [-0.2, 0) is 15.5 Å². The zero-order valence-electron chi connectivity index (χ0n) is 7.67. The molecule has 1 aromatic rings. The Morgan fingerprint density at radius 3 is 2.57 bits per heavy atom. The molecule has 0 saturated carbocycles. The van der Waals surface area contributed by atoms with Gasteiger partial charge in [0.25, 0.3) is 0 Å². The maximum absolute atomic E-state index is 10.1. The fourth-order valence-corrected chi connectivity index (χ4v) is 1.17. The quantitative estimate of drug-likeness (QED) is 0.449. The third kappa shape index (κ3) is 3.33. The molecule has 0 aromatic heterocycles. The van der Waals surface area contributed by atoms with Crippen LogP contribution in [0.5, 0.6) is 0 Å². The molecule has 5 nitrogen and oxygen atoms in total. The molecule has 6 heteroatoms. The van der Waals surface area contributed by atoms with E-state index in [0.717, 1.165) is 5.69 Å². The van der Waals surface area contributed by atoms with Crippen LogP contribution in [0, 0.1) is 0 Å². The molecule has 0 fully saturated rings. The van der Waals surface area contributed by atoms with Crippen LogP contribution < -0.4 is 10.6 Å². The number of benzene rings is 1. The Labute approximate surface area is 85.0 Å². The zero-order chi connectivity index (χ0) is 10.6. The van der Waals surface area contributed by atoms with E-state index in [1.165, 1.54) is 0 Å². The van der Waals surface area contributed by atoms with Crippen molar-refractivity contribution < 1.29 is 12.9 Å². The zero-order valence-corrected chi connectivity index (χ0v) is 8.49. The summed E-state index contributed by atoms with van der Waals surface area (Å²) in [5.41, 5.74) is 7.00. The van der Waals surface area contributed by atoms with E-state index in [1.54, 1.807) is 36.2 Å². The maximum Gasteiger partial charge on any atom is 0.134 e. The SMILES string of the molecule is CN(COS(=O)[O-])c1ccc(N)cc1. The minimum absolute atomic E-state index is 0.0139. The molecular formula is C8H11N2O3S-. The van der Waals surface area contributed by atoms with Gasteiger partial charge in [-0.05, 0) is 24.3 Å². The minimum Gasteiger partial charge on any atom is -0.750 e. The highest BCUT2D eigenvalue weighted by Crippen LogP contribution is 2.14. The van der Waals surface area contributed by atoms with Crippen molar-refractivity contribution in [2.24, 2.45) is 0 Å². The Hall–Kier alpha value is -1.11. The second kappa shape index (κ2) is 4.94. The summed E-state index contributed by atoms with van der Waals surface area (Å²) in [5, 5.41) is 0. The topological polar surface area (TPSA) is 78.6 Å². The van der Waals surface area contributed by atoms with Gasteiger partial charge in [0, 0.05) is 18.4 Å². The van der Waals surface area contributed by atoms with E-state index in [1.807, 2.05) is 0 Å². The van der Waals surface area contributed by atoms with Crippen molar-refractivity contribution in [3.05, 3.63) is 24.3 Å². The van der Waals surface area contributed by atoms with Crippen LogP contribution in [-0.4, -0.2) is 22.5 Å². The van der Waals surface area contributed by atoms with Crippen LogP contribution in [0.25, 0.3) is 0 Å². The second-order valence-corrected chi connectivity index (χ2v) is 3.38. The van der Waals surface area contributed by atoms with Gasteiger partial charge in [0.15, 0.2) is 0 Å². The van der Waals surface area contributed by atoms with E-state index in [4.69, 9.17) is 5.73 Å². The van der Waals surface area contributed by atoms with Gasteiger partial charge in [-0.3, -0.25) is 4.18 Å². The van der Waals surface area contributed by atoms with E-state index in [2.05, 4.69) is 4.18 Å². The molecule has 0 radical (unpaired) electrons. The number of rotatable bonds is 4. The van der Waals surface area contributed by atoms with Gasteiger partial charge in [0.2, 0.25) is 0 Å². The first kappa shape index (κ1) is 11.0. The Morgan fingerprint density at radius 2 is 2.07 bits per heavy atom. The van der Waals surface area contributed by atoms with E-state index in [-0.39, 0.29) is 6.73 Å². The summed E-state index contributed by atoms with van der Waals surface area (Å²) in [4.78, 5) is 1.65. The molecule has 78 valence electrons. The van der Waals surface area contributed by atoms with Crippen LogP contribution in [0.15, 0.2) is 24.3 Å². The lowest BCUT2D eigenvalue weighted by atomic mass is 10.3. The van der Waals surface area contributed by atoms with Crippen molar-refractivity contribution in [3.63, 3.8) is 0 Å². The number of hydrogen-bond donors (Lipinski definition) is 1. The van der Waals surface area contributed by atoms with Crippen molar-refractivity contribution in [1.82, 2.24) is 0 Å². The molecule has 0 heterocycles.